The van der Waals surface area contributed by atoms with Gasteiger partial charge in [0.2, 0.25) is 11.7 Å². The van der Waals surface area contributed by atoms with Gasteiger partial charge in [-0.15, -0.1) is 0 Å². The molecule has 0 atom stereocenters. The lowest BCUT2D eigenvalue weighted by atomic mass is 10.1. The van der Waals surface area contributed by atoms with E-state index in [9.17, 15) is 14.7 Å². The molecule has 2 aromatic heterocycles. The second kappa shape index (κ2) is 5.84. The monoisotopic (exact) mass is 327 g/mol. The average molecular weight is 327 g/mol. The van der Waals surface area contributed by atoms with Crippen LogP contribution in [-0.4, -0.2) is 44.8 Å². The number of aromatic nitrogens is 2. The number of hydrogen-bond acceptors (Lipinski definition) is 5. The molecular formula is C17H17N3O4. The number of pyridine rings is 1. The third-order valence-corrected chi connectivity index (χ3v) is 3.95. The van der Waals surface area contributed by atoms with Gasteiger partial charge in [-0.3, -0.25) is 4.79 Å². The molecule has 3 heterocycles. The normalized spacial score (nSPS) is 16.3. The molecule has 124 valence electrons. The van der Waals surface area contributed by atoms with Gasteiger partial charge in [0.05, 0.1) is 0 Å². The third-order valence-electron chi connectivity index (χ3n) is 3.95. The number of H-pyrrole nitrogens is 1. The molecule has 0 aliphatic carbocycles. The number of aliphatic carboxylic acids is 1. The first-order chi connectivity index (χ1) is 11.4. The lowest BCUT2D eigenvalue weighted by molar-refractivity contribution is -0.134. The van der Waals surface area contributed by atoms with E-state index in [0.29, 0.717) is 11.2 Å². The number of fused-ring (bicyclic) bond motifs is 1. The van der Waals surface area contributed by atoms with Crippen molar-refractivity contribution in [2.24, 2.45) is 0 Å². The molecule has 0 saturated carbocycles. The maximum absolute atomic E-state index is 12.5. The van der Waals surface area contributed by atoms with E-state index in [1.807, 2.05) is 19.9 Å². The Labute approximate surface area is 138 Å². The van der Waals surface area contributed by atoms with Crippen LogP contribution in [-0.2, 0) is 14.3 Å². The van der Waals surface area contributed by atoms with E-state index in [4.69, 9.17) is 4.74 Å². The minimum Gasteiger partial charge on any atom is -0.477 e. The number of carbonyl (C=O) groups excluding carboxylic acids is 1. The van der Waals surface area contributed by atoms with E-state index >= 15 is 0 Å². The van der Waals surface area contributed by atoms with Gasteiger partial charge < -0.3 is 19.7 Å². The molecule has 0 bridgehead atoms. The summed E-state index contributed by atoms with van der Waals surface area (Å²) in [5, 5.41) is 10.2. The minimum atomic E-state index is -1.30. The predicted molar refractivity (Wildman–Crippen MR) is 87.7 cm³/mol. The summed E-state index contributed by atoms with van der Waals surface area (Å²) in [6.07, 6.45) is 4.89. The molecule has 0 amide bonds. The second-order valence-electron chi connectivity index (χ2n) is 5.77. The van der Waals surface area contributed by atoms with Gasteiger partial charge in [0.15, 0.2) is 11.3 Å². The minimum absolute atomic E-state index is 0.0142. The molecule has 2 aromatic rings. The number of hydrogen-bond donors (Lipinski definition) is 2. The summed E-state index contributed by atoms with van der Waals surface area (Å²) in [4.78, 5) is 32.7. The maximum atomic E-state index is 12.5. The molecule has 24 heavy (non-hydrogen) atoms. The summed E-state index contributed by atoms with van der Waals surface area (Å²) in [7, 11) is 1.69. The van der Waals surface area contributed by atoms with E-state index in [1.54, 1.807) is 30.4 Å². The van der Waals surface area contributed by atoms with Crippen LogP contribution in [0.15, 0.2) is 41.7 Å². The number of ether oxygens (including phenoxy) is 1. The number of carbonyl (C=O) groups is 2. The largest absolute Gasteiger partial charge is 0.477 e. The van der Waals surface area contributed by atoms with Gasteiger partial charge in [-0.2, -0.15) is 0 Å². The first-order valence-electron chi connectivity index (χ1n) is 7.47. The first kappa shape index (κ1) is 15.8. The van der Waals surface area contributed by atoms with Crippen LogP contribution < -0.4 is 0 Å². The van der Waals surface area contributed by atoms with Crippen molar-refractivity contribution in [1.29, 1.82) is 0 Å². The lowest BCUT2D eigenvalue weighted by Gasteiger charge is -2.23. The molecule has 1 aliphatic rings. The third kappa shape index (κ3) is 2.54. The molecule has 2 N–H and O–H groups in total. The van der Waals surface area contributed by atoms with Gasteiger partial charge in [0.1, 0.15) is 5.65 Å². The Morgan fingerprint density at radius 1 is 1.46 bits per heavy atom. The summed E-state index contributed by atoms with van der Waals surface area (Å²) < 4.78 is 5.59. The van der Waals surface area contributed by atoms with Gasteiger partial charge in [0.25, 0.3) is 0 Å². The number of nitrogens with zero attached hydrogens (tertiary/aromatic N) is 2. The van der Waals surface area contributed by atoms with Gasteiger partial charge in [-0.1, -0.05) is 0 Å². The first-order valence-corrected chi connectivity index (χ1v) is 7.47. The van der Waals surface area contributed by atoms with Crippen molar-refractivity contribution in [3.05, 3.63) is 47.3 Å². The summed E-state index contributed by atoms with van der Waals surface area (Å²) in [6, 6.07) is 3.63. The second-order valence-corrected chi connectivity index (χ2v) is 5.77. The van der Waals surface area contributed by atoms with Gasteiger partial charge in [-0.25, -0.2) is 9.78 Å². The number of ketones is 1. The van der Waals surface area contributed by atoms with Crippen molar-refractivity contribution >= 4 is 28.9 Å². The Morgan fingerprint density at radius 3 is 2.88 bits per heavy atom. The number of allylic oxidation sites excluding steroid dienone is 1. The Balaban J connectivity index is 2.03. The van der Waals surface area contributed by atoms with Gasteiger partial charge in [0, 0.05) is 36.4 Å². The van der Waals surface area contributed by atoms with Crippen LogP contribution in [0.2, 0.25) is 0 Å². The summed E-state index contributed by atoms with van der Waals surface area (Å²) in [6.45, 7) is 3.76. The Morgan fingerprint density at radius 2 is 2.21 bits per heavy atom. The number of carboxylic acid groups (broad SMARTS) is 1. The van der Waals surface area contributed by atoms with E-state index in [2.05, 4.69) is 9.97 Å². The molecule has 0 unspecified atom stereocenters. The summed E-state index contributed by atoms with van der Waals surface area (Å²) >= 11 is 0. The number of rotatable bonds is 4. The highest BCUT2D eigenvalue weighted by Crippen LogP contribution is 2.30. The highest BCUT2D eigenvalue weighted by molar-refractivity contribution is 6.26. The van der Waals surface area contributed by atoms with Crippen LogP contribution in [0.3, 0.4) is 0 Å². The number of nitrogens with one attached hydrogen (secondary N) is 1. The van der Waals surface area contributed by atoms with Crippen LogP contribution in [0.1, 0.15) is 19.4 Å². The highest BCUT2D eigenvalue weighted by Gasteiger charge is 2.38. The molecule has 1 aliphatic heterocycles. The zero-order valence-corrected chi connectivity index (χ0v) is 13.5. The van der Waals surface area contributed by atoms with Crippen molar-refractivity contribution in [1.82, 2.24) is 14.9 Å². The molecule has 0 aromatic carbocycles. The molecule has 0 saturated heterocycles. The van der Waals surface area contributed by atoms with Gasteiger partial charge in [-0.05, 0) is 32.1 Å². The Kier molecular flexibility index (Phi) is 3.84. The van der Waals surface area contributed by atoms with Crippen LogP contribution >= 0.6 is 0 Å². The Bertz CT molecular complexity index is 892. The molecule has 0 radical (unpaired) electrons. The van der Waals surface area contributed by atoms with Crippen molar-refractivity contribution in [3.8, 4) is 0 Å². The fourth-order valence-electron chi connectivity index (χ4n) is 2.43. The summed E-state index contributed by atoms with van der Waals surface area (Å²) in [5.74, 6) is -1.89. The average Bonchev–Trinajstić information content (AvgIpc) is 3.09. The summed E-state index contributed by atoms with van der Waals surface area (Å²) in [5.41, 5.74) is 1.04. The molecule has 7 heteroatoms. The smallest absolute Gasteiger partial charge is 0.345 e. The predicted octanol–water partition coefficient (Wildman–Crippen LogP) is 2.14. The van der Waals surface area contributed by atoms with Gasteiger partial charge >= 0.3 is 5.97 Å². The van der Waals surface area contributed by atoms with E-state index in [1.165, 1.54) is 6.08 Å². The van der Waals surface area contributed by atoms with Crippen LogP contribution in [0.4, 0.5) is 0 Å². The number of carboxylic acids is 1. The van der Waals surface area contributed by atoms with Crippen molar-refractivity contribution in [3.63, 3.8) is 0 Å². The van der Waals surface area contributed by atoms with Crippen LogP contribution in [0.5, 0.6) is 0 Å². The van der Waals surface area contributed by atoms with Crippen molar-refractivity contribution in [2.45, 2.75) is 19.9 Å². The lowest BCUT2D eigenvalue weighted by Crippen LogP contribution is -2.27. The Hall–Kier alpha value is -3.09. The molecule has 0 fully saturated rings. The van der Waals surface area contributed by atoms with Crippen molar-refractivity contribution in [2.75, 3.05) is 7.05 Å². The fourth-order valence-corrected chi connectivity index (χ4v) is 2.43. The van der Waals surface area contributed by atoms with E-state index < -0.39 is 11.8 Å². The maximum Gasteiger partial charge on any atom is 0.345 e. The van der Waals surface area contributed by atoms with E-state index in [-0.39, 0.29) is 23.3 Å². The van der Waals surface area contributed by atoms with Crippen LogP contribution in [0.25, 0.3) is 17.1 Å². The standard InChI is InChI=1S/C17H17N3O4/c1-9(2)20(3)16-13(17(22)23)14(21)12(24-16)7-10-8-19-15-11(10)5-4-6-18-15/h4-9H,1-3H3,(H,18,19)(H,22,23). The zero-order chi connectivity index (χ0) is 17.4. The molecule has 7 nitrogen and oxygen atoms in total. The van der Waals surface area contributed by atoms with Crippen molar-refractivity contribution < 1.29 is 19.4 Å². The van der Waals surface area contributed by atoms with E-state index in [0.717, 1.165) is 5.39 Å². The number of aromatic amines is 1. The highest BCUT2D eigenvalue weighted by atomic mass is 16.5. The SMILES string of the molecule is CC(C)N(C)C1=C(C(=O)O)C(=O)C(=Cc2c[nH]c3ncccc23)O1. The topological polar surface area (TPSA) is 95.5 Å². The number of Topliss-reactive ketones (excluding diaryl/α,β-unsaturated/α-hetero) is 1. The zero-order valence-electron chi connectivity index (χ0n) is 13.5. The van der Waals surface area contributed by atoms with Crippen LogP contribution in [0, 0.1) is 0 Å². The molecule has 3 rings (SSSR count). The fraction of sp³-hybridized carbons (Fsp3) is 0.235. The molecular weight excluding hydrogens is 310 g/mol. The molecule has 0 spiro atoms. The quantitative estimate of drug-likeness (QED) is 0.660.